The third-order valence-electron chi connectivity index (χ3n) is 3.65. The normalized spacial score (nSPS) is 17.9. The van der Waals surface area contributed by atoms with E-state index in [4.69, 9.17) is 0 Å². The third kappa shape index (κ3) is 1.90. The van der Waals surface area contributed by atoms with Crippen LogP contribution in [0.1, 0.15) is 31.2 Å². The molecule has 0 unspecified atom stereocenters. The van der Waals surface area contributed by atoms with Crippen LogP contribution in [0.2, 0.25) is 0 Å². The van der Waals surface area contributed by atoms with Gasteiger partial charge >= 0.3 is 5.97 Å². The number of rotatable bonds is 3. The summed E-state index contributed by atoms with van der Waals surface area (Å²) < 4.78 is 27.8. The van der Waals surface area contributed by atoms with Crippen molar-refractivity contribution in [1.82, 2.24) is 0 Å². The average Bonchev–Trinajstić information content (AvgIpc) is 2.83. The molecule has 98 valence electrons. The van der Waals surface area contributed by atoms with Crippen molar-refractivity contribution >= 4 is 17.7 Å². The van der Waals surface area contributed by atoms with Crippen LogP contribution in [-0.2, 0) is 10.2 Å². The Labute approximate surface area is 108 Å². The van der Waals surface area contributed by atoms with Gasteiger partial charge in [-0.2, -0.15) is 0 Å². The van der Waals surface area contributed by atoms with Gasteiger partial charge in [-0.3, -0.25) is 4.79 Å². The number of hydrogen-bond acceptors (Lipinski definition) is 2. The van der Waals surface area contributed by atoms with Crippen LogP contribution in [0.25, 0.3) is 0 Å². The van der Waals surface area contributed by atoms with Crippen molar-refractivity contribution in [3.8, 4) is 0 Å². The van der Waals surface area contributed by atoms with Gasteiger partial charge < -0.3 is 5.11 Å². The van der Waals surface area contributed by atoms with Crippen molar-refractivity contribution in [2.24, 2.45) is 0 Å². The topological polar surface area (TPSA) is 37.3 Å². The van der Waals surface area contributed by atoms with Crippen LogP contribution in [0.5, 0.6) is 0 Å². The molecule has 0 aromatic heterocycles. The maximum atomic E-state index is 14.1. The van der Waals surface area contributed by atoms with Crippen LogP contribution in [-0.4, -0.2) is 17.3 Å². The maximum Gasteiger partial charge on any atom is 0.314 e. The van der Waals surface area contributed by atoms with Crippen LogP contribution in [0.4, 0.5) is 8.78 Å². The van der Waals surface area contributed by atoms with Crippen molar-refractivity contribution in [2.75, 3.05) is 6.26 Å². The molecule has 18 heavy (non-hydrogen) atoms. The molecule has 0 radical (unpaired) electrons. The monoisotopic (exact) mass is 272 g/mol. The SMILES string of the molecule is CSc1ccc(C2(C(=O)O)CCCC2)c(F)c1F. The minimum atomic E-state index is -1.25. The lowest BCUT2D eigenvalue weighted by Crippen LogP contribution is -2.34. The van der Waals surface area contributed by atoms with E-state index in [1.54, 1.807) is 6.26 Å². The Bertz CT molecular complexity index is 482. The van der Waals surface area contributed by atoms with Crippen molar-refractivity contribution in [3.63, 3.8) is 0 Å². The van der Waals surface area contributed by atoms with E-state index < -0.39 is 23.0 Å². The first-order valence-electron chi connectivity index (χ1n) is 5.79. The van der Waals surface area contributed by atoms with Gasteiger partial charge in [0, 0.05) is 10.5 Å². The summed E-state index contributed by atoms with van der Waals surface area (Å²) in [7, 11) is 0. The van der Waals surface area contributed by atoms with Crippen LogP contribution in [0.3, 0.4) is 0 Å². The van der Waals surface area contributed by atoms with E-state index in [-0.39, 0.29) is 10.5 Å². The van der Waals surface area contributed by atoms with Crippen molar-refractivity contribution in [3.05, 3.63) is 29.3 Å². The van der Waals surface area contributed by atoms with E-state index >= 15 is 0 Å². The van der Waals surface area contributed by atoms with Gasteiger partial charge in [0.2, 0.25) is 0 Å². The summed E-state index contributed by atoms with van der Waals surface area (Å²) in [6, 6.07) is 2.88. The highest BCUT2D eigenvalue weighted by Gasteiger charge is 2.45. The second-order valence-electron chi connectivity index (χ2n) is 4.54. The second-order valence-corrected chi connectivity index (χ2v) is 5.39. The summed E-state index contributed by atoms with van der Waals surface area (Å²) in [5.74, 6) is -3.01. The molecule has 0 aliphatic heterocycles. The van der Waals surface area contributed by atoms with E-state index in [2.05, 4.69) is 0 Å². The lowest BCUT2D eigenvalue weighted by atomic mass is 9.78. The van der Waals surface area contributed by atoms with E-state index in [0.717, 1.165) is 24.6 Å². The van der Waals surface area contributed by atoms with E-state index in [9.17, 15) is 18.7 Å². The zero-order chi connectivity index (χ0) is 13.3. The molecule has 1 aromatic rings. The van der Waals surface area contributed by atoms with E-state index in [1.165, 1.54) is 12.1 Å². The molecule has 1 fully saturated rings. The lowest BCUT2D eigenvalue weighted by Gasteiger charge is -2.25. The molecule has 1 saturated carbocycles. The Morgan fingerprint density at radius 1 is 1.28 bits per heavy atom. The maximum absolute atomic E-state index is 14.1. The zero-order valence-corrected chi connectivity index (χ0v) is 10.8. The molecule has 2 nitrogen and oxygen atoms in total. The largest absolute Gasteiger partial charge is 0.481 e. The van der Waals surface area contributed by atoms with Gasteiger partial charge in [-0.15, -0.1) is 11.8 Å². The second kappa shape index (κ2) is 4.88. The fourth-order valence-electron chi connectivity index (χ4n) is 2.64. The van der Waals surface area contributed by atoms with Crippen molar-refractivity contribution in [1.29, 1.82) is 0 Å². The van der Waals surface area contributed by atoms with Gasteiger partial charge in [-0.25, -0.2) is 8.78 Å². The highest BCUT2D eigenvalue weighted by Crippen LogP contribution is 2.43. The van der Waals surface area contributed by atoms with E-state index in [1.807, 2.05) is 0 Å². The van der Waals surface area contributed by atoms with Crippen LogP contribution < -0.4 is 0 Å². The van der Waals surface area contributed by atoms with Crippen molar-refractivity contribution < 1.29 is 18.7 Å². The summed E-state index contributed by atoms with van der Waals surface area (Å²) in [4.78, 5) is 11.7. The number of carboxylic acids is 1. The molecule has 0 heterocycles. The molecule has 5 heteroatoms. The summed E-state index contributed by atoms with van der Waals surface area (Å²) >= 11 is 1.11. The van der Waals surface area contributed by atoms with Gasteiger partial charge in [-0.1, -0.05) is 18.9 Å². The third-order valence-corrected chi connectivity index (χ3v) is 4.40. The predicted octanol–water partition coefficient (Wildman–Crippen LogP) is 3.58. The zero-order valence-electron chi connectivity index (χ0n) is 10.0. The molecule has 1 aliphatic rings. The molecular weight excluding hydrogens is 258 g/mol. The highest BCUT2D eigenvalue weighted by molar-refractivity contribution is 7.98. The minimum Gasteiger partial charge on any atom is -0.481 e. The van der Waals surface area contributed by atoms with E-state index in [0.29, 0.717) is 12.8 Å². The van der Waals surface area contributed by atoms with Crippen molar-refractivity contribution in [2.45, 2.75) is 36.0 Å². The lowest BCUT2D eigenvalue weighted by molar-refractivity contribution is -0.143. The standard InChI is InChI=1S/C13H14F2O2S/c1-18-9-5-4-8(10(14)11(9)15)13(12(16)17)6-2-3-7-13/h4-5H,2-3,6-7H2,1H3,(H,16,17). The Hall–Kier alpha value is -1.10. The molecule has 1 aromatic carbocycles. The highest BCUT2D eigenvalue weighted by atomic mass is 32.2. The molecule has 0 atom stereocenters. The number of aliphatic carboxylic acids is 1. The molecular formula is C13H14F2O2S. The van der Waals surface area contributed by atoms with Gasteiger partial charge in [0.25, 0.3) is 0 Å². The number of benzene rings is 1. The Morgan fingerprint density at radius 3 is 2.39 bits per heavy atom. The number of thioether (sulfide) groups is 1. The first kappa shape index (κ1) is 13.3. The summed E-state index contributed by atoms with van der Waals surface area (Å²) in [5, 5.41) is 9.36. The molecule has 0 saturated heterocycles. The molecule has 0 amide bonds. The Kier molecular flexibility index (Phi) is 3.61. The van der Waals surface area contributed by atoms with Gasteiger partial charge in [0.1, 0.15) is 0 Å². The molecule has 1 aliphatic carbocycles. The Morgan fingerprint density at radius 2 is 1.89 bits per heavy atom. The molecule has 2 rings (SSSR count). The van der Waals surface area contributed by atoms with Crippen LogP contribution >= 0.6 is 11.8 Å². The van der Waals surface area contributed by atoms with Crippen LogP contribution in [0, 0.1) is 11.6 Å². The van der Waals surface area contributed by atoms with Gasteiger partial charge in [0.05, 0.1) is 5.41 Å². The smallest absolute Gasteiger partial charge is 0.314 e. The van der Waals surface area contributed by atoms with Crippen LogP contribution in [0.15, 0.2) is 17.0 Å². The number of carbonyl (C=O) groups is 1. The fraction of sp³-hybridized carbons (Fsp3) is 0.462. The number of carboxylic acid groups (broad SMARTS) is 1. The first-order chi connectivity index (χ1) is 8.53. The summed E-state index contributed by atoms with van der Waals surface area (Å²) in [5.41, 5.74) is -1.26. The average molecular weight is 272 g/mol. The number of hydrogen-bond donors (Lipinski definition) is 1. The summed E-state index contributed by atoms with van der Waals surface area (Å²) in [6.07, 6.45) is 3.87. The van der Waals surface area contributed by atoms with Gasteiger partial charge in [0.15, 0.2) is 11.6 Å². The predicted molar refractivity (Wildman–Crippen MR) is 65.9 cm³/mol. The Balaban J connectivity index is 2.56. The first-order valence-corrected chi connectivity index (χ1v) is 7.01. The molecule has 0 bridgehead atoms. The number of halogens is 2. The fourth-order valence-corrected chi connectivity index (χ4v) is 3.11. The van der Waals surface area contributed by atoms with Gasteiger partial charge in [-0.05, 0) is 25.2 Å². The summed E-state index contributed by atoms with van der Waals surface area (Å²) in [6.45, 7) is 0. The quantitative estimate of drug-likeness (QED) is 0.854. The molecule has 0 spiro atoms. The minimum absolute atomic E-state index is 0.0113. The molecule has 1 N–H and O–H groups in total.